The maximum Gasteiger partial charge on any atom is 0.320 e. The number of aliphatic carboxylic acids is 1. The molecule has 1 atom stereocenters. The molecule has 20 heavy (non-hydrogen) atoms. The van der Waals surface area contributed by atoms with E-state index in [1.807, 2.05) is 32.0 Å². The second-order valence-electron chi connectivity index (χ2n) is 4.78. The zero-order valence-electron chi connectivity index (χ0n) is 12.1. The van der Waals surface area contributed by atoms with Crippen molar-refractivity contribution in [2.24, 2.45) is 0 Å². The first-order valence-corrected chi connectivity index (χ1v) is 6.11. The van der Waals surface area contributed by atoms with E-state index in [0.29, 0.717) is 0 Å². The molecule has 1 aromatic rings. The number of nitrogens with one attached hydrogen (secondary N) is 1. The number of aryl methyl sites for hydroxylation is 2. The van der Waals surface area contributed by atoms with Crippen molar-refractivity contribution < 1.29 is 14.7 Å². The summed E-state index contributed by atoms with van der Waals surface area (Å²) in [6.07, 6.45) is 0. The summed E-state index contributed by atoms with van der Waals surface area (Å²) in [6, 6.07) is 4.98. The highest BCUT2D eigenvalue weighted by Crippen LogP contribution is 2.14. The number of carboxylic acid groups (broad SMARTS) is 1. The van der Waals surface area contributed by atoms with Crippen LogP contribution in [0, 0.1) is 13.8 Å². The van der Waals surface area contributed by atoms with Gasteiger partial charge in [0.1, 0.15) is 6.04 Å². The van der Waals surface area contributed by atoms with Gasteiger partial charge in [-0.2, -0.15) is 0 Å². The fourth-order valence-electron chi connectivity index (χ4n) is 1.57. The molecular weight excluding hydrogens is 280 g/mol. The summed E-state index contributed by atoms with van der Waals surface area (Å²) in [5.41, 5.74) is 2.99. The fourth-order valence-corrected chi connectivity index (χ4v) is 1.57. The van der Waals surface area contributed by atoms with Gasteiger partial charge in [-0.15, -0.1) is 12.4 Å². The Balaban J connectivity index is 0.00000361. The van der Waals surface area contributed by atoms with Crippen LogP contribution >= 0.6 is 12.4 Å². The highest BCUT2D eigenvalue weighted by molar-refractivity contribution is 5.92. The van der Waals surface area contributed by atoms with Crippen LogP contribution in [-0.2, 0) is 9.59 Å². The van der Waals surface area contributed by atoms with Gasteiger partial charge in [0, 0.05) is 5.69 Å². The molecule has 2 N–H and O–H groups in total. The predicted molar refractivity (Wildman–Crippen MR) is 81.5 cm³/mol. The van der Waals surface area contributed by atoms with Crippen molar-refractivity contribution in [2.45, 2.75) is 26.8 Å². The molecule has 1 amide bonds. The monoisotopic (exact) mass is 300 g/mol. The molecule has 0 aliphatic rings. The van der Waals surface area contributed by atoms with E-state index >= 15 is 0 Å². The molecule has 6 heteroatoms. The minimum atomic E-state index is -0.943. The zero-order valence-corrected chi connectivity index (χ0v) is 13.0. The van der Waals surface area contributed by atoms with Crippen LogP contribution in [0.1, 0.15) is 18.1 Å². The van der Waals surface area contributed by atoms with E-state index in [2.05, 4.69) is 5.32 Å². The van der Waals surface area contributed by atoms with Gasteiger partial charge in [0.05, 0.1) is 6.54 Å². The van der Waals surface area contributed by atoms with Crippen molar-refractivity contribution in [1.82, 2.24) is 4.90 Å². The van der Waals surface area contributed by atoms with Gasteiger partial charge in [0.2, 0.25) is 5.91 Å². The first-order chi connectivity index (χ1) is 8.81. The number of rotatable bonds is 5. The van der Waals surface area contributed by atoms with Gasteiger partial charge in [-0.1, -0.05) is 6.07 Å². The molecule has 0 bridgehead atoms. The number of hydrogen-bond acceptors (Lipinski definition) is 3. The molecule has 0 fully saturated rings. The third-order valence-electron chi connectivity index (χ3n) is 3.20. The summed E-state index contributed by atoms with van der Waals surface area (Å²) in [4.78, 5) is 24.1. The van der Waals surface area contributed by atoms with Crippen LogP contribution in [0.15, 0.2) is 18.2 Å². The van der Waals surface area contributed by atoms with Gasteiger partial charge >= 0.3 is 5.97 Å². The molecule has 1 unspecified atom stereocenters. The summed E-state index contributed by atoms with van der Waals surface area (Å²) in [6.45, 7) is 5.57. The second kappa shape index (κ2) is 7.87. The average molecular weight is 301 g/mol. The molecule has 0 spiro atoms. The number of carbonyl (C=O) groups excluding carboxylic acids is 1. The summed E-state index contributed by atoms with van der Waals surface area (Å²) < 4.78 is 0. The maximum atomic E-state index is 11.8. The van der Waals surface area contributed by atoms with E-state index < -0.39 is 12.0 Å². The number of amides is 1. The van der Waals surface area contributed by atoms with Crippen LogP contribution in [0.25, 0.3) is 0 Å². The van der Waals surface area contributed by atoms with E-state index in [1.54, 1.807) is 14.0 Å². The van der Waals surface area contributed by atoms with Crippen LogP contribution in [-0.4, -0.2) is 41.5 Å². The van der Waals surface area contributed by atoms with E-state index in [9.17, 15) is 9.59 Å². The van der Waals surface area contributed by atoms with Gasteiger partial charge in [0.15, 0.2) is 0 Å². The SMILES string of the molecule is Cc1ccc(NC(=O)CN(C)C(C)C(=O)O)cc1C.Cl. The Bertz CT molecular complexity index is 491. The Morgan fingerprint density at radius 3 is 2.40 bits per heavy atom. The highest BCUT2D eigenvalue weighted by Gasteiger charge is 2.18. The smallest absolute Gasteiger partial charge is 0.320 e. The lowest BCUT2D eigenvalue weighted by atomic mass is 10.1. The number of benzene rings is 1. The number of carboxylic acids is 1. The topological polar surface area (TPSA) is 69.6 Å². The van der Waals surface area contributed by atoms with Crippen molar-refractivity contribution >= 4 is 30.0 Å². The number of likely N-dealkylation sites (N-methyl/N-ethyl adjacent to an activating group) is 1. The Kier molecular flexibility index (Phi) is 7.24. The third kappa shape index (κ3) is 5.19. The van der Waals surface area contributed by atoms with Gasteiger partial charge in [-0.25, -0.2) is 0 Å². The molecule has 0 aliphatic carbocycles. The third-order valence-corrected chi connectivity index (χ3v) is 3.20. The normalized spacial score (nSPS) is 11.7. The van der Waals surface area contributed by atoms with Crippen molar-refractivity contribution in [3.8, 4) is 0 Å². The lowest BCUT2D eigenvalue weighted by Gasteiger charge is -2.20. The molecule has 112 valence electrons. The predicted octanol–water partition coefficient (Wildman–Crippen LogP) is 2.07. The van der Waals surface area contributed by atoms with Crippen molar-refractivity contribution in [3.63, 3.8) is 0 Å². The number of anilines is 1. The standard InChI is InChI=1S/C14H20N2O3.ClH/c1-9-5-6-12(7-10(9)2)15-13(17)8-16(4)11(3)14(18)19;/h5-7,11H,8H2,1-4H3,(H,15,17)(H,18,19);1H. The van der Waals surface area contributed by atoms with E-state index in [4.69, 9.17) is 5.11 Å². The largest absolute Gasteiger partial charge is 0.480 e. The van der Waals surface area contributed by atoms with E-state index in [1.165, 1.54) is 4.90 Å². The lowest BCUT2D eigenvalue weighted by Crippen LogP contribution is -2.40. The van der Waals surface area contributed by atoms with Crippen molar-refractivity contribution in [3.05, 3.63) is 29.3 Å². The summed E-state index contributed by atoms with van der Waals surface area (Å²) in [5, 5.41) is 11.6. The van der Waals surface area contributed by atoms with Gasteiger partial charge in [-0.3, -0.25) is 14.5 Å². The second-order valence-corrected chi connectivity index (χ2v) is 4.78. The highest BCUT2D eigenvalue weighted by atomic mass is 35.5. The first kappa shape index (κ1) is 18.4. The first-order valence-electron chi connectivity index (χ1n) is 6.11. The molecule has 0 heterocycles. The molecule has 0 saturated carbocycles. The summed E-state index contributed by atoms with van der Waals surface area (Å²) in [5.74, 6) is -1.17. The molecule has 0 aliphatic heterocycles. The molecule has 5 nitrogen and oxygen atoms in total. The zero-order chi connectivity index (χ0) is 14.6. The Hall–Kier alpha value is -1.59. The molecule has 0 radical (unpaired) electrons. The number of nitrogens with zero attached hydrogens (tertiary/aromatic N) is 1. The quantitative estimate of drug-likeness (QED) is 0.873. The minimum absolute atomic E-state index is 0. The molecule has 1 rings (SSSR count). The van der Waals surface area contributed by atoms with Gasteiger partial charge < -0.3 is 10.4 Å². The molecule has 0 saturated heterocycles. The van der Waals surface area contributed by atoms with E-state index in [0.717, 1.165) is 16.8 Å². The summed E-state index contributed by atoms with van der Waals surface area (Å²) >= 11 is 0. The molecular formula is C14H21ClN2O3. The van der Waals surface area contributed by atoms with Crippen molar-refractivity contribution in [1.29, 1.82) is 0 Å². The van der Waals surface area contributed by atoms with Crippen LogP contribution in [0.2, 0.25) is 0 Å². The average Bonchev–Trinajstić information content (AvgIpc) is 2.32. The Morgan fingerprint density at radius 2 is 1.90 bits per heavy atom. The fraction of sp³-hybridized carbons (Fsp3) is 0.429. The minimum Gasteiger partial charge on any atom is -0.480 e. The Morgan fingerprint density at radius 1 is 1.30 bits per heavy atom. The van der Waals surface area contributed by atoms with Crippen LogP contribution in [0.4, 0.5) is 5.69 Å². The maximum absolute atomic E-state index is 11.8. The van der Waals surface area contributed by atoms with Gasteiger partial charge in [-0.05, 0) is 51.1 Å². The lowest BCUT2D eigenvalue weighted by molar-refractivity contribution is -0.142. The van der Waals surface area contributed by atoms with E-state index in [-0.39, 0.29) is 24.9 Å². The molecule has 1 aromatic carbocycles. The number of halogens is 1. The van der Waals surface area contributed by atoms with Crippen LogP contribution in [0.5, 0.6) is 0 Å². The van der Waals surface area contributed by atoms with Crippen LogP contribution in [0.3, 0.4) is 0 Å². The van der Waals surface area contributed by atoms with Gasteiger partial charge in [0.25, 0.3) is 0 Å². The number of carbonyl (C=O) groups is 2. The van der Waals surface area contributed by atoms with Crippen molar-refractivity contribution in [2.75, 3.05) is 18.9 Å². The number of hydrogen-bond donors (Lipinski definition) is 2. The Labute approximate surface area is 125 Å². The molecule has 0 aromatic heterocycles. The summed E-state index contributed by atoms with van der Waals surface area (Å²) in [7, 11) is 1.61. The van der Waals surface area contributed by atoms with Crippen LogP contribution < -0.4 is 5.32 Å².